The quantitative estimate of drug-likeness (QED) is 0.855. The largest absolute Gasteiger partial charge is 0.469 e. The summed E-state index contributed by atoms with van der Waals surface area (Å²) >= 11 is 12.1. The number of rotatable bonds is 3. The first-order valence-corrected chi connectivity index (χ1v) is 7.90. The average molecular weight is 345 g/mol. The number of methoxy groups -OCH3 is 1. The first kappa shape index (κ1) is 17.0. The minimum absolute atomic E-state index is 0.178. The van der Waals surface area contributed by atoms with E-state index in [4.69, 9.17) is 27.9 Å². The van der Waals surface area contributed by atoms with Gasteiger partial charge in [0.1, 0.15) is 0 Å². The highest BCUT2D eigenvalue weighted by molar-refractivity contribution is 6.44. The van der Waals surface area contributed by atoms with Gasteiger partial charge in [0.15, 0.2) is 0 Å². The van der Waals surface area contributed by atoms with Gasteiger partial charge in [0.05, 0.1) is 34.3 Å². The van der Waals surface area contributed by atoms with Crippen LogP contribution in [0.15, 0.2) is 6.20 Å². The van der Waals surface area contributed by atoms with Crippen LogP contribution in [0.2, 0.25) is 10.0 Å². The van der Waals surface area contributed by atoms with Crippen LogP contribution in [0.3, 0.4) is 0 Å². The Morgan fingerprint density at radius 1 is 1.27 bits per heavy atom. The fourth-order valence-electron chi connectivity index (χ4n) is 2.69. The third kappa shape index (κ3) is 3.52. The van der Waals surface area contributed by atoms with E-state index in [2.05, 4.69) is 10.3 Å². The van der Waals surface area contributed by atoms with E-state index >= 15 is 0 Å². The number of nitrogens with one attached hydrogen (secondary N) is 1. The van der Waals surface area contributed by atoms with Crippen molar-refractivity contribution in [3.8, 4) is 0 Å². The number of aromatic nitrogens is 1. The van der Waals surface area contributed by atoms with Crippen LogP contribution in [0.4, 0.5) is 0 Å². The Bertz CT molecular complexity index is 592. The number of hydrogen-bond acceptors (Lipinski definition) is 4. The molecule has 1 saturated carbocycles. The number of halogens is 2. The first-order chi connectivity index (χ1) is 10.5. The van der Waals surface area contributed by atoms with Crippen LogP contribution in [-0.4, -0.2) is 30.0 Å². The number of nitrogens with zero attached hydrogens (tertiary/aromatic N) is 1. The number of ether oxygens (including phenoxy) is 1. The van der Waals surface area contributed by atoms with Gasteiger partial charge in [-0.3, -0.25) is 14.6 Å². The van der Waals surface area contributed by atoms with E-state index < -0.39 is 0 Å². The zero-order valence-electron chi connectivity index (χ0n) is 12.5. The van der Waals surface area contributed by atoms with Crippen molar-refractivity contribution in [2.75, 3.05) is 7.11 Å². The molecule has 1 aromatic heterocycles. The van der Waals surface area contributed by atoms with Gasteiger partial charge in [-0.25, -0.2) is 0 Å². The van der Waals surface area contributed by atoms with Gasteiger partial charge in [0.2, 0.25) is 0 Å². The molecule has 1 fully saturated rings. The Hall–Kier alpha value is -1.33. The highest BCUT2D eigenvalue weighted by atomic mass is 35.5. The number of carbonyl (C=O) groups is 2. The summed E-state index contributed by atoms with van der Waals surface area (Å²) < 4.78 is 4.82. The molecule has 1 aromatic rings. The van der Waals surface area contributed by atoms with Crippen LogP contribution in [0.5, 0.6) is 0 Å². The Kier molecular flexibility index (Phi) is 5.64. The minimum Gasteiger partial charge on any atom is -0.469 e. The highest BCUT2D eigenvalue weighted by Crippen LogP contribution is 2.29. The number of pyridine rings is 1. The summed E-state index contributed by atoms with van der Waals surface area (Å²) in [6.45, 7) is 1.71. The van der Waals surface area contributed by atoms with E-state index in [9.17, 15) is 9.59 Å². The summed E-state index contributed by atoms with van der Waals surface area (Å²) in [5.41, 5.74) is 0.778. The molecule has 1 amide bonds. The Morgan fingerprint density at radius 3 is 2.64 bits per heavy atom. The predicted molar refractivity (Wildman–Crippen MR) is 84.2 cm³/mol. The molecule has 0 radical (unpaired) electrons. The van der Waals surface area contributed by atoms with Crippen LogP contribution < -0.4 is 5.32 Å². The van der Waals surface area contributed by atoms with Crippen molar-refractivity contribution >= 4 is 35.1 Å². The number of hydrogen-bond donors (Lipinski definition) is 1. The van der Waals surface area contributed by atoms with Gasteiger partial charge in [-0.1, -0.05) is 36.0 Å². The van der Waals surface area contributed by atoms with E-state index in [-0.39, 0.29) is 39.4 Å². The van der Waals surface area contributed by atoms with Gasteiger partial charge in [-0.15, -0.1) is 0 Å². The second-order valence-corrected chi connectivity index (χ2v) is 6.14. The first-order valence-electron chi connectivity index (χ1n) is 7.15. The normalized spacial score (nSPS) is 21.3. The molecule has 7 heteroatoms. The lowest BCUT2D eigenvalue weighted by Crippen LogP contribution is -2.45. The molecule has 0 spiro atoms. The van der Waals surface area contributed by atoms with Crippen molar-refractivity contribution in [2.45, 2.75) is 38.6 Å². The highest BCUT2D eigenvalue weighted by Gasteiger charge is 2.33. The number of esters is 1. The fourth-order valence-corrected chi connectivity index (χ4v) is 3.12. The molecule has 0 aliphatic heterocycles. The maximum absolute atomic E-state index is 12.4. The zero-order valence-corrected chi connectivity index (χ0v) is 14.0. The van der Waals surface area contributed by atoms with Crippen LogP contribution in [0, 0.1) is 12.8 Å². The maximum atomic E-state index is 12.4. The Labute approximate surface area is 139 Å². The lowest BCUT2D eigenvalue weighted by atomic mass is 9.84. The molecule has 0 aromatic carbocycles. The SMILES string of the molecule is COC(=O)[C@@H]1CCCC[C@@H]1NC(=O)c1cnc(C)c(Cl)c1Cl. The molecule has 120 valence electrons. The Balaban J connectivity index is 2.17. The molecule has 1 heterocycles. The number of amides is 1. The second-order valence-electron chi connectivity index (χ2n) is 5.38. The molecule has 1 aliphatic rings. The van der Waals surface area contributed by atoms with Gasteiger partial charge < -0.3 is 10.1 Å². The maximum Gasteiger partial charge on any atom is 0.310 e. The van der Waals surface area contributed by atoms with E-state index in [0.717, 1.165) is 19.3 Å². The van der Waals surface area contributed by atoms with Crippen LogP contribution in [-0.2, 0) is 9.53 Å². The molecule has 2 rings (SSSR count). The summed E-state index contributed by atoms with van der Waals surface area (Å²) in [5.74, 6) is -0.994. The number of carbonyl (C=O) groups excluding carboxylic acids is 2. The summed E-state index contributed by atoms with van der Waals surface area (Å²) in [7, 11) is 1.36. The smallest absolute Gasteiger partial charge is 0.310 e. The molecular weight excluding hydrogens is 327 g/mol. The van der Waals surface area contributed by atoms with Crippen molar-refractivity contribution < 1.29 is 14.3 Å². The molecular formula is C15H18Cl2N2O3. The Morgan fingerprint density at radius 2 is 1.95 bits per heavy atom. The van der Waals surface area contributed by atoms with Gasteiger partial charge in [-0.2, -0.15) is 0 Å². The zero-order chi connectivity index (χ0) is 16.3. The van der Waals surface area contributed by atoms with E-state index in [0.29, 0.717) is 12.1 Å². The van der Waals surface area contributed by atoms with Crippen molar-refractivity contribution in [2.24, 2.45) is 5.92 Å². The molecule has 0 saturated heterocycles. The monoisotopic (exact) mass is 344 g/mol. The van der Waals surface area contributed by atoms with Crippen molar-refractivity contribution in [1.29, 1.82) is 0 Å². The summed E-state index contributed by atoms with van der Waals surface area (Å²) in [6.07, 6.45) is 4.74. The molecule has 0 bridgehead atoms. The molecule has 1 aliphatic carbocycles. The average Bonchev–Trinajstić information content (AvgIpc) is 2.52. The third-order valence-electron chi connectivity index (χ3n) is 3.97. The lowest BCUT2D eigenvalue weighted by molar-refractivity contribution is -0.147. The summed E-state index contributed by atoms with van der Waals surface area (Å²) in [5, 5.41) is 3.31. The van der Waals surface area contributed by atoms with E-state index in [1.165, 1.54) is 13.3 Å². The summed E-state index contributed by atoms with van der Waals surface area (Å²) in [4.78, 5) is 28.3. The summed E-state index contributed by atoms with van der Waals surface area (Å²) in [6, 6.07) is -0.259. The van der Waals surface area contributed by atoms with Gasteiger partial charge in [-0.05, 0) is 19.8 Å². The van der Waals surface area contributed by atoms with Gasteiger partial charge >= 0.3 is 5.97 Å². The van der Waals surface area contributed by atoms with E-state index in [1.54, 1.807) is 6.92 Å². The van der Waals surface area contributed by atoms with Crippen molar-refractivity contribution in [1.82, 2.24) is 10.3 Å². The van der Waals surface area contributed by atoms with Crippen molar-refractivity contribution in [3.05, 3.63) is 27.5 Å². The van der Waals surface area contributed by atoms with Crippen LogP contribution in [0.25, 0.3) is 0 Å². The fraction of sp³-hybridized carbons (Fsp3) is 0.533. The van der Waals surface area contributed by atoms with E-state index in [1.807, 2.05) is 0 Å². The number of aryl methyl sites for hydroxylation is 1. The molecule has 2 atom stereocenters. The van der Waals surface area contributed by atoms with Crippen LogP contribution >= 0.6 is 23.2 Å². The molecule has 1 N–H and O–H groups in total. The predicted octanol–water partition coefficient (Wildman–Crippen LogP) is 3.16. The van der Waals surface area contributed by atoms with Crippen molar-refractivity contribution in [3.63, 3.8) is 0 Å². The molecule has 22 heavy (non-hydrogen) atoms. The molecule has 5 nitrogen and oxygen atoms in total. The van der Waals surface area contributed by atoms with Crippen LogP contribution in [0.1, 0.15) is 41.7 Å². The van der Waals surface area contributed by atoms with Gasteiger partial charge in [0.25, 0.3) is 5.91 Å². The molecule has 0 unspecified atom stereocenters. The second kappa shape index (κ2) is 7.29. The third-order valence-corrected chi connectivity index (χ3v) is 4.92. The lowest BCUT2D eigenvalue weighted by Gasteiger charge is -2.30. The topological polar surface area (TPSA) is 68.3 Å². The standard InChI is InChI=1S/C15H18Cl2N2O3/c1-8-12(16)13(17)10(7-18-8)14(20)19-11-6-4-3-5-9(11)15(21)22-2/h7,9,11H,3-6H2,1-2H3,(H,19,20)/t9-,11+/m1/s1. The van der Waals surface area contributed by atoms with Gasteiger partial charge in [0, 0.05) is 12.2 Å². The minimum atomic E-state index is -0.375.